The molecule has 0 fully saturated rings. The number of nitrogens with two attached hydrogens (primary N) is 1. The van der Waals surface area contributed by atoms with Crippen molar-refractivity contribution in [2.75, 3.05) is 14.2 Å². The number of rotatable bonds is 3. The van der Waals surface area contributed by atoms with Gasteiger partial charge in [-0.3, -0.25) is 0 Å². The van der Waals surface area contributed by atoms with E-state index in [9.17, 15) is 0 Å². The molecule has 0 saturated heterocycles. The quantitative estimate of drug-likeness (QED) is 0.830. The van der Waals surface area contributed by atoms with E-state index in [1.807, 2.05) is 18.2 Å². The minimum Gasteiger partial charge on any atom is -0.496 e. The van der Waals surface area contributed by atoms with Gasteiger partial charge in [-0.05, 0) is 18.2 Å². The molecule has 0 aliphatic heterocycles. The smallest absolute Gasteiger partial charge is 0.135 e. The number of hydrogen-bond donors (Lipinski definition) is 1. The van der Waals surface area contributed by atoms with E-state index in [0.717, 1.165) is 15.8 Å². The number of halogens is 1. The molecule has 0 spiro atoms. The molecule has 4 heteroatoms. The molecule has 0 aromatic heterocycles. The van der Waals surface area contributed by atoms with E-state index < -0.39 is 6.23 Å². The Morgan fingerprint density at radius 1 is 1.38 bits per heavy atom. The van der Waals surface area contributed by atoms with E-state index in [1.54, 1.807) is 14.2 Å². The Labute approximate surface area is 86.0 Å². The van der Waals surface area contributed by atoms with Crippen molar-refractivity contribution in [1.82, 2.24) is 0 Å². The van der Waals surface area contributed by atoms with Gasteiger partial charge in [-0.2, -0.15) is 0 Å². The maximum atomic E-state index is 5.72. The van der Waals surface area contributed by atoms with E-state index in [4.69, 9.17) is 15.2 Å². The summed E-state index contributed by atoms with van der Waals surface area (Å²) in [6.45, 7) is 0. The Balaban J connectivity index is 3.07. The summed E-state index contributed by atoms with van der Waals surface area (Å²) in [5.74, 6) is 0.734. The van der Waals surface area contributed by atoms with E-state index in [0.29, 0.717) is 0 Å². The second-order valence-electron chi connectivity index (χ2n) is 2.54. The maximum absolute atomic E-state index is 5.72. The molecule has 2 N–H and O–H groups in total. The molecule has 0 heterocycles. The first kappa shape index (κ1) is 10.5. The van der Waals surface area contributed by atoms with Gasteiger partial charge in [0.15, 0.2) is 0 Å². The highest BCUT2D eigenvalue weighted by atomic mass is 79.9. The number of methoxy groups -OCH3 is 2. The lowest BCUT2D eigenvalue weighted by Crippen LogP contribution is -2.13. The summed E-state index contributed by atoms with van der Waals surface area (Å²) in [6.07, 6.45) is -0.451. The van der Waals surface area contributed by atoms with Crippen molar-refractivity contribution >= 4 is 15.9 Å². The predicted molar refractivity (Wildman–Crippen MR) is 54.6 cm³/mol. The lowest BCUT2D eigenvalue weighted by Gasteiger charge is -2.14. The molecule has 0 radical (unpaired) electrons. The summed E-state index contributed by atoms with van der Waals surface area (Å²) in [4.78, 5) is 0. The molecule has 1 aromatic rings. The fourth-order valence-corrected chi connectivity index (χ4v) is 1.43. The lowest BCUT2D eigenvalue weighted by atomic mass is 10.2. The molecule has 13 heavy (non-hydrogen) atoms. The molecule has 3 nitrogen and oxygen atoms in total. The molecular weight excluding hydrogens is 234 g/mol. The molecular formula is C9H12BrNO2. The molecule has 0 saturated carbocycles. The first-order valence-corrected chi connectivity index (χ1v) is 4.60. The molecule has 1 rings (SSSR count). The van der Waals surface area contributed by atoms with Crippen LogP contribution in [0.4, 0.5) is 0 Å². The minimum atomic E-state index is -0.451. The zero-order valence-corrected chi connectivity index (χ0v) is 9.17. The Hall–Kier alpha value is -0.580. The molecule has 1 unspecified atom stereocenters. The zero-order chi connectivity index (χ0) is 9.84. The van der Waals surface area contributed by atoms with Crippen LogP contribution in [0, 0.1) is 0 Å². The van der Waals surface area contributed by atoms with Gasteiger partial charge in [0.1, 0.15) is 12.0 Å². The third kappa shape index (κ3) is 2.43. The number of hydrogen-bond acceptors (Lipinski definition) is 3. The SMILES string of the molecule is COc1ccc(Br)cc1C(N)OC. The van der Waals surface area contributed by atoms with Crippen LogP contribution in [-0.4, -0.2) is 14.2 Å². The summed E-state index contributed by atoms with van der Waals surface area (Å²) in [7, 11) is 3.17. The van der Waals surface area contributed by atoms with Crippen molar-refractivity contribution in [3.8, 4) is 5.75 Å². The Kier molecular flexibility index (Phi) is 3.71. The average molecular weight is 246 g/mol. The van der Waals surface area contributed by atoms with Crippen LogP contribution in [0.25, 0.3) is 0 Å². The van der Waals surface area contributed by atoms with Crippen molar-refractivity contribution in [2.24, 2.45) is 5.73 Å². The van der Waals surface area contributed by atoms with Crippen LogP contribution >= 0.6 is 15.9 Å². The summed E-state index contributed by atoms with van der Waals surface area (Å²) in [6, 6.07) is 5.62. The fourth-order valence-electron chi connectivity index (χ4n) is 1.05. The Bertz CT molecular complexity index is 291. The maximum Gasteiger partial charge on any atom is 0.135 e. The van der Waals surface area contributed by atoms with Crippen LogP contribution in [0.1, 0.15) is 11.8 Å². The second kappa shape index (κ2) is 4.60. The number of benzene rings is 1. The summed E-state index contributed by atoms with van der Waals surface area (Å²) in [5, 5.41) is 0. The van der Waals surface area contributed by atoms with Crippen LogP contribution in [0.15, 0.2) is 22.7 Å². The first-order valence-electron chi connectivity index (χ1n) is 3.81. The Morgan fingerprint density at radius 3 is 2.62 bits per heavy atom. The molecule has 0 aliphatic carbocycles. The summed E-state index contributed by atoms with van der Waals surface area (Å²) < 4.78 is 11.1. The molecule has 0 aliphatic rings. The van der Waals surface area contributed by atoms with Gasteiger partial charge in [0.05, 0.1) is 7.11 Å². The highest BCUT2D eigenvalue weighted by Crippen LogP contribution is 2.27. The van der Waals surface area contributed by atoms with Crippen LogP contribution < -0.4 is 10.5 Å². The van der Waals surface area contributed by atoms with Crippen LogP contribution in [-0.2, 0) is 4.74 Å². The minimum absolute atomic E-state index is 0.451. The van der Waals surface area contributed by atoms with Crippen LogP contribution in [0.2, 0.25) is 0 Å². The largest absolute Gasteiger partial charge is 0.496 e. The van der Waals surface area contributed by atoms with E-state index in [1.165, 1.54) is 0 Å². The molecule has 1 atom stereocenters. The number of ether oxygens (including phenoxy) is 2. The standard InChI is InChI=1S/C9H12BrNO2/c1-12-8-4-3-6(10)5-7(8)9(11)13-2/h3-5,9H,11H2,1-2H3. The van der Waals surface area contributed by atoms with E-state index in [-0.39, 0.29) is 0 Å². The van der Waals surface area contributed by atoms with Crippen LogP contribution in [0.3, 0.4) is 0 Å². The highest BCUT2D eigenvalue weighted by molar-refractivity contribution is 9.10. The van der Waals surface area contributed by atoms with Gasteiger partial charge >= 0.3 is 0 Å². The predicted octanol–water partition coefficient (Wildman–Crippen LogP) is 2.06. The molecule has 0 bridgehead atoms. The third-order valence-electron chi connectivity index (χ3n) is 1.75. The monoisotopic (exact) mass is 245 g/mol. The van der Waals surface area contributed by atoms with Crippen LogP contribution in [0.5, 0.6) is 5.75 Å². The van der Waals surface area contributed by atoms with Gasteiger partial charge in [0.25, 0.3) is 0 Å². The highest BCUT2D eigenvalue weighted by Gasteiger charge is 2.10. The van der Waals surface area contributed by atoms with Gasteiger partial charge in [-0.15, -0.1) is 0 Å². The van der Waals surface area contributed by atoms with Gasteiger partial charge in [-0.1, -0.05) is 15.9 Å². The van der Waals surface area contributed by atoms with Gasteiger partial charge in [-0.25, -0.2) is 0 Å². The van der Waals surface area contributed by atoms with Crippen molar-refractivity contribution < 1.29 is 9.47 Å². The van der Waals surface area contributed by atoms with Gasteiger partial charge in [0, 0.05) is 17.1 Å². The first-order chi connectivity index (χ1) is 6.19. The molecule has 0 amide bonds. The fraction of sp³-hybridized carbons (Fsp3) is 0.333. The van der Waals surface area contributed by atoms with E-state index >= 15 is 0 Å². The average Bonchev–Trinajstić information content (AvgIpc) is 2.16. The third-order valence-corrected chi connectivity index (χ3v) is 2.25. The zero-order valence-electron chi connectivity index (χ0n) is 7.58. The van der Waals surface area contributed by atoms with Crippen molar-refractivity contribution in [2.45, 2.75) is 6.23 Å². The Morgan fingerprint density at radius 2 is 2.08 bits per heavy atom. The second-order valence-corrected chi connectivity index (χ2v) is 3.46. The van der Waals surface area contributed by atoms with Gasteiger partial charge < -0.3 is 15.2 Å². The van der Waals surface area contributed by atoms with E-state index in [2.05, 4.69) is 15.9 Å². The van der Waals surface area contributed by atoms with Crippen molar-refractivity contribution in [3.63, 3.8) is 0 Å². The lowest BCUT2D eigenvalue weighted by molar-refractivity contribution is 0.107. The summed E-state index contributed by atoms with van der Waals surface area (Å²) >= 11 is 3.36. The molecule has 72 valence electrons. The van der Waals surface area contributed by atoms with Crippen molar-refractivity contribution in [1.29, 1.82) is 0 Å². The summed E-state index contributed by atoms with van der Waals surface area (Å²) in [5.41, 5.74) is 6.55. The topological polar surface area (TPSA) is 44.5 Å². The van der Waals surface area contributed by atoms with Gasteiger partial charge in [0.2, 0.25) is 0 Å². The normalized spacial score (nSPS) is 12.6. The van der Waals surface area contributed by atoms with Crippen molar-refractivity contribution in [3.05, 3.63) is 28.2 Å². The molecule has 1 aromatic carbocycles.